The number of rotatable bonds is 10. The van der Waals surface area contributed by atoms with Gasteiger partial charge in [0.15, 0.2) is 17.3 Å². The fourth-order valence-electron chi connectivity index (χ4n) is 6.92. The van der Waals surface area contributed by atoms with Crippen LogP contribution in [0, 0.1) is 29.2 Å². The zero-order chi connectivity index (χ0) is 40.5. The van der Waals surface area contributed by atoms with Gasteiger partial charge in [0, 0.05) is 64.9 Å². The van der Waals surface area contributed by atoms with Crippen molar-refractivity contribution in [2.45, 2.75) is 128 Å². The minimum atomic E-state index is -0.337. The van der Waals surface area contributed by atoms with E-state index in [1.54, 1.807) is 11.3 Å². The number of hydrogen-bond acceptors (Lipinski definition) is 6. The van der Waals surface area contributed by atoms with Gasteiger partial charge in [0.2, 0.25) is 0 Å². The smallest absolute Gasteiger partial charge is 0.195 e. The Bertz CT molecular complexity index is 2340. The molecule has 56 heavy (non-hydrogen) atoms. The van der Waals surface area contributed by atoms with Crippen LogP contribution in [0.1, 0.15) is 126 Å². The predicted octanol–water partition coefficient (Wildman–Crippen LogP) is 14.6. The van der Waals surface area contributed by atoms with Crippen LogP contribution in [0.5, 0.6) is 0 Å². The Kier molecular flexibility index (Phi) is 14.1. The summed E-state index contributed by atoms with van der Waals surface area (Å²) in [6.07, 6.45) is 7.50. The molecule has 0 fully saturated rings. The van der Waals surface area contributed by atoms with Gasteiger partial charge in [-0.15, -0.1) is 40.5 Å². The number of aromatic nitrogens is 2. The maximum atomic E-state index is 12.2. The molecule has 3 heterocycles. The van der Waals surface area contributed by atoms with Crippen LogP contribution < -0.4 is 0 Å². The van der Waals surface area contributed by atoms with Gasteiger partial charge in [0.25, 0.3) is 0 Å². The SMILES string of the molecule is CCC(C)(CC)C(=O)/C=C(\O)C(C)(CC)CC.Cc1c(-c2ccc3nc(CC(C)(C)C)oc3c2)sc2c(-c3[c-]c4ccccc4c(C(C)(C)C)c3)nccc12.[Ir]. The summed E-state index contributed by atoms with van der Waals surface area (Å²) < 4.78 is 7.37. The number of hydrogen-bond donors (Lipinski definition) is 1. The van der Waals surface area contributed by atoms with E-state index in [4.69, 9.17) is 14.4 Å². The summed E-state index contributed by atoms with van der Waals surface area (Å²) in [7, 11) is 0. The van der Waals surface area contributed by atoms with E-state index in [0.717, 1.165) is 71.3 Å². The molecule has 0 bridgehead atoms. The fourth-order valence-corrected chi connectivity index (χ4v) is 8.22. The molecule has 7 heteroatoms. The first-order valence-corrected chi connectivity index (χ1v) is 20.8. The number of ketones is 1. The zero-order valence-corrected chi connectivity index (χ0v) is 39.0. The number of pyridine rings is 1. The molecule has 0 atom stereocenters. The topological polar surface area (TPSA) is 76.2 Å². The van der Waals surface area contributed by atoms with Gasteiger partial charge >= 0.3 is 0 Å². The molecule has 0 saturated heterocycles. The predicted molar refractivity (Wildman–Crippen MR) is 234 cm³/mol. The quantitative estimate of drug-likeness (QED) is 0.0841. The van der Waals surface area contributed by atoms with Gasteiger partial charge in [-0.1, -0.05) is 118 Å². The molecular weight excluding hydrogens is 889 g/mol. The molecule has 0 spiro atoms. The molecule has 301 valence electrons. The van der Waals surface area contributed by atoms with Crippen molar-refractivity contribution in [3.8, 4) is 21.7 Å². The number of aliphatic hydroxyl groups is 1. The van der Waals surface area contributed by atoms with E-state index >= 15 is 0 Å². The van der Waals surface area contributed by atoms with E-state index in [2.05, 4.69) is 109 Å². The van der Waals surface area contributed by atoms with Crippen LogP contribution >= 0.6 is 11.3 Å². The molecule has 0 aliphatic rings. The Morgan fingerprint density at radius 3 is 2.11 bits per heavy atom. The second kappa shape index (κ2) is 17.5. The third-order valence-electron chi connectivity index (χ3n) is 11.7. The summed E-state index contributed by atoms with van der Waals surface area (Å²) in [6, 6.07) is 23.0. The molecule has 0 aliphatic heterocycles. The van der Waals surface area contributed by atoms with Gasteiger partial charge in [-0.05, 0) is 78.1 Å². The monoisotopic (exact) mass is 950 g/mol. The minimum Gasteiger partial charge on any atom is -0.512 e. The molecular formula is C49H61IrN2O3S-. The maximum Gasteiger partial charge on any atom is 0.195 e. The molecule has 3 aromatic heterocycles. The summed E-state index contributed by atoms with van der Waals surface area (Å²) in [4.78, 5) is 23.0. The Morgan fingerprint density at radius 2 is 1.50 bits per heavy atom. The number of nitrogens with zero attached hydrogens (tertiary/aromatic N) is 2. The average Bonchev–Trinajstić information content (AvgIpc) is 3.71. The Hall–Kier alpha value is -3.64. The van der Waals surface area contributed by atoms with Gasteiger partial charge < -0.3 is 9.52 Å². The minimum absolute atomic E-state index is 0. The number of oxazole rings is 1. The third kappa shape index (κ3) is 9.55. The van der Waals surface area contributed by atoms with Crippen LogP contribution in [-0.2, 0) is 36.7 Å². The number of fused-ring (bicyclic) bond motifs is 3. The Morgan fingerprint density at radius 1 is 0.857 bits per heavy atom. The molecule has 0 aliphatic carbocycles. The number of aryl methyl sites for hydroxylation is 1. The van der Waals surface area contributed by atoms with Crippen molar-refractivity contribution in [2.75, 3.05) is 0 Å². The third-order valence-corrected chi connectivity index (χ3v) is 13.0. The Balaban J connectivity index is 0.000000330. The van der Waals surface area contributed by atoms with Crippen molar-refractivity contribution in [3.05, 3.63) is 95.7 Å². The maximum absolute atomic E-state index is 12.2. The van der Waals surface area contributed by atoms with Crippen molar-refractivity contribution >= 4 is 49.1 Å². The van der Waals surface area contributed by atoms with E-state index in [9.17, 15) is 9.90 Å². The number of carbonyl (C=O) groups excluding carboxylic acids is 1. The van der Waals surface area contributed by atoms with E-state index < -0.39 is 0 Å². The number of carbonyl (C=O) groups is 1. The summed E-state index contributed by atoms with van der Waals surface area (Å²) >= 11 is 1.80. The Labute approximate surface area is 352 Å². The molecule has 5 nitrogen and oxygen atoms in total. The van der Waals surface area contributed by atoms with E-state index in [0.29, 0.717) is 0 Å². The molecule has 3 aromatic carbocycles. The van der Waals surface area contributed by atoms with Gasteiger partial charge in [-0.25, -0.2) is 4.98 Å². The van der Waals surface area contributed by atoms with Crippen molar-refractivity contribution in [3.63, 3.8) is 0 Å². The zero-order valence-electron chi connectivity index (χ0n) is 35.8. The largest absolute Gasteiger partial charge is 0.512 e. The molecule has 6 rings (SSSR count). The van der Waals surface area contributed by atoms with E-state index in [1.807, 2.05) is 47.7 Å². The van der Waals surface area contributed by atoms with Gasteiger partial charge in [-0.2, -0.15) is 0 Å². The molecule has 0 saturated carbocycles. The van der Waals surface area contributed by atoms with Crippen LogP contribution in [0.4, 0.5) is 0 Å². The fraction of sp³-hybridized carbons (Fsp3) is 0.449. The van der Waals surface area contributed by atoms with E-state index in [-0.39, 0.29) is 53.3 Å². The van der Waals surface area contributed by atoms with Crippen molar-refractivity contribution in [2.24, 2.45) is 16.2 Å². The molecule has 0 amide bonds. The van der Waals surface area contributed by atoms with E-state index in [1.165, 1.54) is 37.6 Å². The second-order valence-corrected chi connectivity index (χ2v) is 19.0. The van der Waals surface area contributed by atoms with Crippen LogP contribution in [0.15, 0.2) is 77.0 Å². The number of thiophene rings is 1. The van der Waals surface area contributed by atoms with Crippen molar-refractivity contribution < 1.29 is 34.4 Å². The van der Waals surface area contributed by atoms with Crippen LogP contribution in [0.25, 0.3) is 53.7 Å². The first-order valence-electron chi connectivity index (χ1n) is 20.0. The summed E-state index contributed by atoms with van der Waals surface area (Å²) in [5.74, 6) is 1.08. The van der Waals surface area contributed by atoms with Gasteiger partial charge in [-0.3, -0.25) is 9.78 Å². The van der Waals surface area contributed by atoms with Gasteiger partial charge in [0.1, 0.15) is 11.3 Å². The second-order valence-electron chi connectivity index (χ2n) is 17.9. The van der Waals surface area contributed by atoms with Gasteiger partial charge in [0.05, 0.1) is 0 Å². The normalized spacial score (nSPS) is 12.8. The summed E-state index contributed by atoms with van der Waals surface area (Å²) in [5.41, 5.74) is 7.05. The number of benzene rings is 3. The molecule has 1 N–H and O–H groups in total. The molecule has 1 radical (unpaired) electrons. The molecule has 0 unspecified atom stereocenters. The average molecular weight is 950 g/mol. The number of aliphatic hydroxyl groups excluding tert-OH is 1. The number of allylic oxidation sites excluding steroid dienone is 2. The van der Waals surface area contributed by atoms with Crippen molar-refractivity contribution in [1.82, 2.24) is 9.97 Å². The molecule has 6 aromatic rings. The van der Waals surface area contributed by atoms with Crippen molar-refractivity contribution in [1.29, 1.82) is 0 Å². The van der Waals surface area contributed by atoms with Crippen LogP contribution in [-0.4, -0.2) is 20.9 Å². The first-order chi connectivity index (χ1) is 25.8. The summed E-state index contributed by atoms with van der Waals surface area (Å²) in [5, 5.41) is 13.8. The van der Waals surface area contributed by atoms with Crippen LogP contribution in [0.2, 0.25) is 0 Å². The standard InChI is InChI=1S/C34H33N2OS.C15H28O2.Ir/c1-20-24-14-15-35-30(23-16-21-10-8-9-11-25(21)26(17-23)34(5,6)7)32(24)38-31(20)22-12-13-27-28(18-22)37-29(36-27)19-33(2,3)4;1-7-14(5,8-2)12(16)11-13(17)15(6,9-3)10-4;/h8-15,17-18H,19H2,1-7H3;11,16H,7-10H2,1-6H3;/q-1;;/b;12-11-;. The summed E-state index contributed by atoms with van der Waals surface area (Å²) in [6.45, 7) is 27.7. The first kappa shape index (κ1) is 45.1. The van der Waals surface area contributed by atoms with Crippen LogP contribution in [0.3, 0.4) is 0 Å².